The Morgan fingerprint density at radius 3 is 2.86 bits per heavy atom. The fraction of sp³-hybridized carbons (Fsp3) is 0.667. The van der Waals surface area contributed by atoms with Gasteiger partial charge in [0.05, 0.1) is 12.2 Å². The molecule has 2 N–H and O–H groups in total. The van der Waals surface area contributed by atoms with Gasteiger partial charge in [-0.1, -0.05) is 44.2 Å². The molecule has 3 rings (SSSR count). The van der Waals surface area contributed by atoms with Crippen LogP contribution >= 0.6 is 0 Å². The Labute approximate surface area is 127 Å². The molecule has 116 valence electrons. The molecule has 3 heteroatoms. The molecule has 4 atom stereocenters. The maximum absolute atomic E-state index is 10.2. The second kappa shape index (κ2) is 6.07. The number of aliphatic hydroxyl groups is 1. The average Bonchev–Trinajstić information content (AvgIpc) is 2.48. The van der Waals surface area contributed by atoms with Crippen LogP contribution in [0.25, 0.3) is 0 Å². The van der Waals surface area contributed by atoms with E-state index in [1.54, 1.807) is 0 Å². The van der Waals surface area contributed by atoms with Gasteiger partial charge in [0.1, 0.15) is 0 Å². The van der Waals surface area contributed by atoms with Gasteiger partial charge in [0.25, 0.3) is 0 Å². The van der Waals surface area contributed by atoms with E-state index in [0.717, 1.165) is 6.61 Å². The van der Waals surface area contributed by atoms with Crippen molar-refractivity contribution in [2.45, 2.75) is 51.4 Å². The van der Waals surface area contributed by atoms with Crippen LogP contribution in [0, 0.1) is 11.3 Å². The summed E-state index contributed by atoms with van der Waals surface area (Å²) in [7, 11) is 0. The fourth-order valence-corrected chi connectivity index (χ4v) is 4.16. The standard InChI is InChI=1S/C18H27NO2/c1-18(2)16(15-9-6-10-21-17(15)18)19-12-14(20)11-13-7-4-3-5-8-13/h3-5,7-8,14-17,19-20H,6,9-12H2,1-2H3. The first-order valence-corrected chi connectivity index (χ1v) is 8.16. The molecular formula is C18H27NO2. The lowest BCUT2D eigenvalue weighted by Crippen LogP contribution is -2.69. The molecule has 2 fully saturated rings. The SMILES string of the molecule is CC1(C)C(NCC(O)Cc2ccccc2)C2CCCOC21. The van der Waals surface area contributed by atoms with E-state index in [2.05, 4.69) is 31.3 Å². The topological polar surface area (TPSA) is 41.5 Å². The van der Waals surface area contributed by atoms with Crippen molar-refractivity contribution in [3.8, 4) is 0 Å². The number of aliphatic hydroxyl groups excluding tert-OH is 1. The van der Waals surface area contributed by atoms with Gasteiger partial charge >= 0.3 is 0 Å². The van der Waals surface area contributed by atoms with E-state index in [4.69, 9.17) is 4.74 Å². The number of rotatable bonds is 5. The third kappa shape index (κ3) is 3.01. The highest BCUT2D eigenvalue weighted by Gasteiger charge is 2.57. The first kappa shape index (κ1) is 15.0. The van der Waals surface area contributed by atoms with Crippen LogP contribution < -0.4 is 5.32 Å². The Morgan fingerprint density at radius 1 is 1.33 bits per heavy atom. The zero-order valence-electron chi connectivity index (χ0n) is 13.1. The lowest BCUT2D eigenvalue weighted by Gasteiger charge is -2.60. The highest BCUT2D eigenvalue weighted by Crippen LogP contribution is 2.51. The molecule has 3 nitrogen and oxygen atoms in total. The number of fused-ring (bicyclic) bond motifs is 1. The minimum atomic E-state index is -0.327. The van der Waals surface area contributed by atoms with Crippen molar-refractivity contribution in [3.05, 3.63) is 35.9 Å². The summed E-state index contributed by atoms with van der Waals surface area (Å²) < 4.78 is 5.92. The number of ether oxygens (including phenoxy) is 1. The zero-order chi connectivity index (χ0) is 14.9. The van der Waals surface area contributed by atoms with Crippen LogP contribution in [0.4, 0.5) is 0 Å². The molecular weight excluding hydrogens is 262 g/mol. The fourth-order valence-electron chi connectivity index (χ4n) is 4.16. The van der Waals surface area contributed by atoms with Gasteiger partial charge in [-0.25, -0.2) is 0 Å². The van der Waals surface area contributed by atoms with Crippen molar-refractivity contribution < 1.29 is 9.84 Å². The molecule has 0 aromatic heterocycles. The van der Waals surface area contributed by atoms with Gasteiger partial charge in [0.2, 0.25) is 0 Å². The van der Waals surface area contributed by atoms with Crippen LogP contribution in [-0.2, 0) is 11.2 Å². The molecule has 0 radical (unpaired) electrons. The summed E-state index contributed by atoms with van der Waals surface area (Å²) in [6.45, 7) is 6.13. The lowest BCUT2D eigenvalue weighted by atomic mass is 9.55. The van der Waals surface area contributed by atoms with Crippen LogP contribution in [0.3, 0.4) is 0 Å². The molecule has 1 heterocycles. The Kier molecular flexibility index (Phi) is 4.34. The van der Waals surface area contributed by atoms with Crippen molar-refractivity contribution in [2.75, 3.05) is 13.2 Å². The number of hydrogen-bond donors (Lipinski definition) is 2. The van der Waals surface area contributed by atoms with Crippen LogP contribution in [0.2, 0.25) is 0 Å². The van der Waals surface area contributed by atoms with Crippen molar-refractivity contribution in [1.29, 1.82) is 0 Å². The maximum atomic E-state index is 10.2. The van der Waals surface area contributed by atoms with E-state index < -0.39 is 0 Å². The molecule has 1 aliphatic carbocycles. The van der Waals surface area contributed by atoms with Gasteiger partial charge in [-0.2, -0.15) is 0 Å². The van der Waals surface area contributed by atoms with Gasteiger partial charge in [-0.3, -0.25) is 0 Å². The van der Waals surface area contributed by atoms with E-state index in [9.17, 15) is 5.11 Å². The second-order valence-corrected chi connectivity index (χ2v) is 7.15. The monoisotopic (exact) mass is 289 g/mol. The summed E-state index contributed by atoms with van der Waals surface area (Å²) in [4.78, 5) is 0. The molecule has 2 aliphatic rings. The predicted molar refractivity (Wildman–Crippen MR) is 84.2 cm³/mol. The average molecular weight is 289 g/mol. The second-order valence-electron chi connectivity index (χ2n) is 7.15. The van der Waals surface area contributed by atoms with Crippen molar-refractivity contribution in [1.82, 2.24) is 5.32 Å². The van der Waals surface area contributed by atoms with Crippen molar-refractivity contribution in [2.24, 2.45) is 11.3 Å². The Hall–Kier alpha value is -0.900. The Morgan fingerprint density at radius 2 is 2.10 bits per heavy atom. The predicted octanol–water partition coefficient (Wildman–Crippen LogP) is 2.38. The third-order valence-corrected chi connectivity index (χ3v) is 5.22. The van der Waals surface area contributed by atoms with Crippen LogP contribution in [0.15, 0.2) is 30.3 Å². The number of nitrogens with one attached hydrogen (secondary N) is 1. The molecule has 0 amide bonds. The molecule has 4 unspecified atom stereocenters. The smallest absolute Gasteiger partial charge is 0.0704 e. The molecule has 1 aliphatic heterocycles. The van der Waals surface area contributed by atoms with Gasteiger partial charge < -0.3 is 15.2 Å². The minimum Gasteiger partial charge on any atom is -0.391 e. The van der Waals surface area contributed by atoms with Gasteiger partial charge in [-0.05, 0) is 24.8 Å². The van der Waals surface area contributed by atoms with Gasteiger partial charge in [0.15, 0.2) is 0 Å². The van der Waals surface area contributed by atoms with E-state index in [-0.39, 0.29) is 11.5 Å². The number of benzene rings is 1. The van der Waals surface area contributed by atoms with Gasteiger partial charge in [-0.15, -0.1) is 0 Å². The van der Waals surface area contributed by atoms with Gasteiger partial charge in [0, 0.05) is 30.5 Å². The third-order valence-electron chi connectivity index (χ3n) is 5.22. The lowest BCUT2D eigenvalue weighted by molar-refractivity contribution is -0.193. The van der Waals surface area contributed by atoms with E-state index in [1.807, 2.05) is 18.2 Å². The molecule has 1 saturated carbocycles. The molecule has 0 spiro atoms. The first-order chi connectivity index (χ1) is 10.1. The Bertz CT molecular complexity index is 460. The summed E-state index contributed by atoms with van der Waals surface area (Å²) in [5.74, 6) is 0.623. The van der Waals surface area contributed by atoms with E-state index in [1.165, 1.54) is 18.4 Å². The summed E-state index contributed by atoms with van der Waals surface area (Å²) in [5, 5.41) is 13.8. The normalized spacial score (nSPS) is 32.0. The highest BCUT2D eigenvalue weighted by molar-refractivity contribution is 5.16. The van der Waals surface area contributed by atoms with E-state index >= 15 is 0 Å². The zero-order valence-corrected chi connectivity index (χ0v) is 13.1. The van der Waals surface area contributed by atoms with Crippen LogP contribution in [0.1, 0.15) is 32.3 Å². The summed E-state index contributed by atoms with van der Waals surface area (Å²) in [6.07, 6.45) is 3.20. The molecule has 0 bridgehead atoms. The molecule has 1 aromatic carbocycles. The van der Waals surface area contributed by atoms with Crippen LogP contribution in [-0.4, -0.2) is 36.5 Å². The largest absolute Gasteiger partial charge is 0.391 e. The highest BCUT2D eigenvalue weighted by atomic mass is 16.5. The summed E-state index contributed by atoms with van der Waals surface area (Å²) >= 11 is 0. The number of hydrogen-bond acceptors (Lipinski definition) is 3. The molecule has 1 saturated heterocycles. The summed E-state index contributed by atoms with van der Waals surface area (Å²) in [5.41, 5.74) is 1.37. The van der Waals surface area contributed by atoms with E-state index in [0.29, 0.717) is 31.0 Å². The quantitative estimate of drug-likeness (QED) is 0.874. The molecule has 21 heavy (non-hydrogen) atoms. The first-order valence-electron chi connectivity index (χ1n) is 8.16. The van der Waals surface area contributed by atoms with Crippen molar-refractivity contribution >= 4 is 0 Å². The molecule has 1 aromatic rings. The minimum absolute atomic E-state index is 0.178. The summed E-state index contributed by atoms with van der Waals surface area (Å²) in [6, 6.07) is 10.7. The maximum Gasteiger partial charge on any atom is 0.0704 e. The Balaban J connectivity index is 1.50. The van der Waals surface area contributed by atoms with Crippen molar-refractivity contribution in [3.63, 3.8) is 0 Å². The van der Waals surface area contributed by atoms with Crippen LogP contribution in [0.5, 0.6) is 0 Å².